The largest absolute Gasteiger partial charge is 0.436 e. The zero-order valence-corrected chi connectivity index (χ0v) is 15.5. The second-order valence-electron chi connectivity index (χ2n) is 6.19. The molecule has 0 radical (unpaired) electrons. The Morgan fingerprint density at radius 1 is 0.862 bits per heavy atom. The number of sulfonamides is 1. The Hall–Kier alpha value is -3.33. The van der Waals surface area contributed by atoms with E-state index in [1.165, 1.54) is 12.1 Å². The Morgan fingerprint density at radius 3 is 2.14 bits per heavy atom. The molecule has 5 nitrogen and oxygen atoms in total. The first-order valence-corrected chi connectivity index (χ1v) is 9.87. The fraction of sp³-hybridized carbons (Fsp3) is 0.0500. The molecule has 0 saturated heterocycles. The minimum absolute atomic E-state index is 0.254. The van der Waals surface area contributed by atoms with Crippen LogP contribution in [-0.2, 0) is 16.2 Å². The predicted octanol–water partition coefficient (Wildman–Crippen LogP) is 5.31. The molecule has 1 aromatic heterocycles. The van der Waals surface area contributed by atoms with Crippen LogP contribution >= 0.6 is 0 Å². The first-order valence-electron chi connectivity index (χ1n) is 8.38. The highest BCUT2D eigenvalue weighted by Crippen LogP contribution is 2.30. The van der Waals surface area contributed by atoms with Crippen LogP contribution in [0, 0.1) is 0 Å². The fourth-order valence-corrected chi connectivity index (χ4v) is 3.77. The van der Waals surface area contributed by atoms with Gasteiger partial charge in [-0.3, -0.25) is 4.72 Å². The molecule has 9 heteroatoms. The lowest BCUT2D eigenvalue weighted by atomic mass is 10.2. The standard InChI is InChI=1S/C20H13F3N2O3S/c21-20(22,23)14-7-11-16(12-8-14)29(26,27)25-15-9-5-13(6-10-15)19-24-17-3-1-2-4-18(17)28-19/h1-12,25H. The van der Waals surface area contributed by atoms with E-state index in [2.05, 4.69) is 9.71 Å². The number of hydrogen-bond donors (Lipinski definition) is 1. The number of benzene rings is 3. The smallest absolute Gasteiger partial charge is 0.416 e. The molecule has 0 aliphatic carbocycles. The van der Waals surface area contributed by atoms with Crippen molar-refractivity contribution in [3.63, 3.8) is 0 Å². The summed E-state index contributed by atoms with van der Waals surface area (Å²) in [5, 5.41) is 0. The van der Waals surface area contributed by atoms with Crippen molar-refractivity contribution in [3.05, 3.63) is 78.4 Å². The second-order valence-corrected chi connectivity index (χ2v) is 7.87. The predicted molar refractivity (Wildman–Crippen MR) is 102 cm³/mol. The van der Waals surface area contributed by atoms with Gasteiger partial charge < -0.3 is 4.42 Å². The van der Waals surface area contributed by atoms with Gasteiger partial charge in [0.25, 0.3) is 10.0 Å². The molecule has 1 heterocycles. The molecule has 1 N–H and O–H groups in total. The summed E-state index contributed by atoms with van der Waals surface area (Å²) < 4.78 is 70.7. The third kappa shape index (κ3) is 3.95. The SMILES string of the molecule is O=S(=O)(Nc1ccc(-c2nc3ccccc3o2)cc1)c1ccc(C(F)(F)F)cc1. The summed E-state index contributed by atoms with van der Waals surface area (Å²) in [5.41, 5.74) is 1.33. The number of para-hydroxylation sites is 2. The van der Waals surface area contributed by atoms with E-state index in [4.69, 9.17) is 4.42 Å². The summed E-state index contributed by atoms with van der Waals surface area (Å²) in [6.07, 6.45) is -4.53. The molecule has 0 unspecified atom stereocenters. The molecule has 4 rings (SSSR count). The second kappa shape index (κ2) is 6.93. The number of anilines is 1. The summed E-state index contributed by atoms with van der Waals surface area (Å²) in [7, 11) is -4.03. The number of nitrogens with one attached hydrogen (secondary N) is 1. The first kappa shape index (κ1) is 19.0. The van der Waals surface area contributed by atoms with Crippen molar-refractivity contribution in [3.8, 4) is 11.5 Å². The van der Waals surface area contributed by atoms with Crippen molar-refractivity contribution in [2.45, 2.75) is 11.1 Å². The van der Waals surface area contributed by atoms with Gasteiger partial charge in [0.05, 0.1) is 10.5 Å². The van der Waals surface area contributed by atoms with Crippen LogP contribution in [0.1, 0.15) is 5.56 Å². The number of oxazole rings is 1. The average molecular weight is 418 g/mol. The van der Waals surface area contributed by atoms with E-state index < -0.39 is 21.8 Å². The van der Waals surface area contributed by atoms with Crippen LogP contribution in [0.25, 0.3) is 22.6 Å². The fourth-order valence-electron chi connectivity index (χ4n) is 2.71. The molecule has 0 saturated carbocycles. The third-order valence-corrected chi connectivity index (χ3v) is 5.57. The summed E-state index contributed by atoms with van der Waals surface area (Å²) >= 11 is 0. The molecule has 4 aromatic rings. The Labute approximate surface area is 163 Å². The zero-order valence-electron chi connectivity index (χ0n) is 14.6. The molecule has 3 aromatic carbocycles. The molecular weight excluding hydrogens is 405 g/mol. The number of hydrogen-bond acceptors (Lipinski definition) is 4. The van der Waals surface area contributed by atoms with Crippen molar-refractivity contribution >= 4 is 26.8 Å². The summed E-state index contributed by atoms with van der Waals surface area (Å²) in [6, 6.07) is 16.9. The van der Waals surface area contributed by atoms with Gasteiger partial charge in [-0.2, -0.15) is 13.2 Å². The van der Waals surface area contributed by atoms with Crippen LogP contribution < -0.4 is 4.72 Å². The summed E-state index contributed by atoms with van der Waals surface area (Å²) in [6.45, 7) is 0. The van der Waals surface area contributed by atoms with E-state index in [0.29, 0.717) is 22.6 Å². The van der Waals surface area contributed by atoms with Gasteiger partial charge in [-0.15, -0.1) is 0 Å². The van der Waals surface area contributed by atoms with Gasteiger partial charge in [0, 0.05) is 11.3 Å². The van der Waals surface area contributed by atoms with E-state index in [9.17, 15) is 21.6 Å². The molecule has 0 aliphatic heterocycles. The zero-order chi connectivity index (χ0) is 20.6. The number of fused-ring (bicyclic) bond motifs is 1. The van der Waals surface area contributed by atoms with Gasteiger partial charge in [0.1, 0.15) is 5.52 Å². The van der Waals surface area contributed by atoms with Crippen molar-refractivity contribution in [2.75, 3.05) is 4.72 Å². The van der Waals surface area contributed by atoms with Gasteiger partial charge in [0.15, 0.2) is 5.58 Å². The number of alkyl halides is 3. The van der Waals surface area contributed by atoms with E-state index in [1.54, 1.807) is 18.2 Å². The van der Waals surface area contributed by atoms with Crippen LogP contribution in [-0.4, -0.2) is 13.4 Å². The highest BCUT2D eigenvalue weighted by molar-refractivity contribution is 7.92. The Balaban J connectivity index is 1.54. The lowest BCUT2D eigenvalue weighted by Gasteiger charge is -2.10. The van der Waals surface area contributed by atoms with E-state index in [1.807, 2.05) is 18.2 Å². The number of aromatic nitrogens is 1. The maximum absolute atomic E-state index is 12.6. The molecular formula is C20H13F3N2O3S. The van der Waals surface area contributed by atoms with Gasteiger partial charge in [-0.1, -0.05) is 12.1 Å². The van der Waals surface area contributed by atoms with Gasteiger partial charge in [-0.05, 0) is 60.7 Å². The Morgan fingerprint density at radius 2 is 1.52 bits per heavy atom. The van der Waals surface area contributed by atoms with Gasteiger partial charge >= 0.3 is 6.18 Å². The van der Waals surface area contributed by atoms with E-state index in [-0.39, 0.29) is 10.6 Å². The highest BCUT2D eigenvalue weighted by Gasteiger charge is 2.30. The van der Waals surface area contributed by atoms with Crippen molar-refractivity contribution in [1.29, 1.82) is 0 Å². The van der Waals surface area contributed by atoms with Crippen molar-refractivity contribution < 1.29 is 26.0 Å². The molecule has 0 atom stereocenters. The van der Waals surface area contributed by atoms with Crippen molar-refractivity contribution in [2.24, 2.45) is 0 Å². The molecule has 0 aliphatic rings. The molecule has 0 spiro atoms. The van der Waals surface area contributed by atoms with Crippen LogP contribution in [0.5, 0.6) is 0 Å². The Kier molecular flexibility index (Phi) is 4.54. The summed E-state index contributed by atoms with van der Waals surface area (Å²) in [5.74, 6) is 0.392. The number of rotatable bonds is 4. The first-order chi connectivity index (χ1) is 13.7. The minimum atomic E-state index is -4.53. The number of halogens is 3. The molecule has 0 bridgehead atoms. The Bertz CT molecular complexity index is 1230. The van der Waals surface area contributed by atoms with Crippen molar-refractivity contribution in [1.82, 2.24) is 4.98 Å². The monoisotopic (exact) mass is 418 g/mol. The van der Waals surface area contributed by atoms with Crippen LogP contribution in [0.2, 0.25) is 0 Å². The quantitative estimate of drug-likeness (QED) is 0.487. The van der Waals surface area contributed by atoms with Crippen LogP contribution in [0.15, 0.2) is 82.1 Å². The number of nitrogens with zero attached hydrogens (tertiary/aromatic N) is 1. The molecule has 0 amide bonds. The lowest BCUT2D eigenvalue weighted by Crippen LogP contribution is -2.13. The van der Waals surface area contributed by atoms with Crippen LogP contribution in [0.4, 0.5) is 18.9 Å². The topological polar surface area (TPSA) is 72.2 Å². The summed E-state index contributed by atoms with van der Waals surface area (Å²) in [4.78, 5) is 4.10. The maximum atomic E-state index is 12.6. The van der Waals surface area contributed by atoms with Gasteiger partial charge in [-0.25, -0.2) is 13.4 Å². The maximum Gasteiger partial charge on any atom is 0.416 e. The van der Waals surface area contributed by atoms with Crippen LogP contribution in [0.3, 0.4) is 0 Å². The molecule has 29 heavy (non-hydrogen) atoms. The van der Waals surface area contributed by atoms with E-state index in [0.717, 1.165) is 24.3 Å². The minimum Gasteiger partial charge on any atom is -0.436 e. The normalized spacial score (nSPS) is 12.2. The average Bonchev–Trinajstić information content (AvgIpc) is 3.12. The van der Waals surface area contributed by atoms with Gasteiger partial charge in [0.2, 0.25) is 5.89 Å². The third-order valence-electron chi connectivity index (χ3n) is 4.17. The highest BCUT2D eigenvalue weighted by atomic mass is 32.2. The lowest BCUT2D eigenvalue weighted by molar-refractivity contribution is -0.137. The molecule has 148 valence electrons. The molecule has 0 fully saturated rings. The van der Waals surface area contributed by atoms with E-state index >= 15 is 0 Å².